The Morgan fingerprint density at radius 1 is 0.885 bits per heavy atom. The molecule has 0 N–H and O–H groups in total. The van der Waals surface area contributed by atoms with Crippen LogP contribution < -0.4 is 0 Å². The maximum atomic E-state index is 13.8. The first-order valence-corrected chi connectivity index (χ1v) is 9.63. The average molecular weight is 380 g/mol. The summed E-state index contributed by atoms with van der Waals surface area (Å²) in [5, 5.41) is 0. The zero-order valence-electron chi connectivity index (χ0n) is 13.9. The molecule has 1 fully saturated rings. The Morgan fingerprint density at radius 3 is 2.27 bits per heavy atom. The predicted molar refractivity (Wildman–Crippen MR) is 92.1 cm³/mol. The molecule has 0 unspecified atom stereocenters. The van der Waals surface area contributed by atoms with Gasteiger partial charge in [-0.25, -0.2) is 17.2 Å². The second kappa shape index (κ2) is 7.51. The molecule has 26 heavy (non-hydrogen) atoms. The van der Waals surface area contributed by atoms with Crippen LogP contribution in [0.2, 0.25) is 0 Å². The summed E-state index contributed by atoms with van der Waals surface area (Å²) in [7, 11) is -3.77. The van der Waals surface area contributed by atoms with Crippen LogP contribution in [0.5, 0.6) is 0 Å². The van der Waals surface area contributed by atoms with Crippen LogP contribution in [0.1, 0.15) is 16.8 Å². The van der Waals surface area contributed by atoms with Crippen LogP contribution in [0.15, 0.2) is 53.4 Å². The Bertz CT molecular complexity index is 901. The molecule has 8 heteroatoms. The van der Waals surface area contributed by atoms with Crippen molar-refractivity contribution in [2.24, 2.45) is 0 Å². The lowest BCUT2D eigenvalue weighted by molar-refractivity contribution is 0.0759. The van der Waals surface area contributed by atoms with E-state index in [1.165, 1.54) is 39.5 Å². The molecule has 138 valence electrons. The molecule has 0 atom stereocenters. The summed E-state index contributed by atoms with van der Waals surface area (Å²) in [5.41, 5.74) is -0.0256. The van der Waals surface area contributed by atoms with E-state index in [0.717, 1.165) is 12.1 Å². The van der Waals surface area contributed by atoms with Gasteiger partial charge in [0.1, 0.15) is 11.6 Å². The minimum Gasteiger partial charge on any atom is -0.337 e. The first-order valence-electron chi connectivity index (χ1n) is 8.19. The number of hydrogen-bond donors (Lipinski definition) is 0. The fourth-order valence-electron chi connectivity index (χ4n) is 2.90. The summed E-state index contributed by atoms with van der Waals surface area (Å²) in [4.78, 5) is 14.0. The van der Waals surface area contributed by atoms with Crippen LogP contribution >= 0.6 is 0 Å². The number of halogens is 2. The first-order chi connectivity index (χ1) is 12.4. The molecule has 2 aromatic carbocycles. The van der Waals surface area contributed by atoms with Gasteiger partial charge in [0.25, 0.3) is 5.91 Å². The lowest BCUT2D eigenvalue weighted by Gasteiger charge is -2.22. The molecule has 1 saturated heterocycles. The summed E-state index contributed by atoms with van der Waals surface area (Å²) in [6, 6.07) is 10.4. The standard InChI is InChI=1S/C18H18F2N2O3S/c19-14-6-8-15(9-7-14)26(24,25)22-11-3-10-21(12-13-22)18(23)16-4-1-2-5-17(16)20/h1-2,4-9H,3,10-13H2. The number of sulfonamides is 1. The lowest BCUT2D eigenvalue weighted by Crippen LogP contribution is -2.37. The predicted octanol–water partition coefficient (Wildman–Crippen LogP) is 2.50. The van der Waals surface area contributed by atoms with Gasteiger partial charge in [-0.05, 0) is 42.8 Å². The van der Waals surface area contributed by atoms with E-state index in [1.807, 2.05) is 0 Å². The molecular weight excluding hydrogens is 362 g/mol. The van der Waals surface area contributed by atoms with Crippen molar-refractivity contribution in [1.29, 1.82) is 0 Å². The lowest BCUT2D eigenvalue weighted by atomic mass is 10.2. The van der Waals surface area contributed by atoms with E-state index in [1.54, 1.807) is 6.07 Å². The van der Waals surface area contributed by atoms with Crippen LogP contribution in [-0.4, -0.2) is 49.7 Å². The van der Waals surface area contributed by atoms with Crippen molar-refractivity contribution < 1.29 is 22.0 Å². The van der Waals surface area contributed by atoms with Crippen molar-refractivity contribution in [3.8, 4) is 0 Å². The van der Waals surface area contributed by atoms with Crippen LogP contribution in [0.3, 0.4) is 0 Å². The Hall–Kier alpha value is -2.32. The molecule has 0 aliphatic carbocycles. The van der Waals surface area contributed by atoms with Gasteiger partial charge in [-0.1, -0.05) is 12.1 Å². The Kier molecular flexibility index (Phi) is 5.33. The zero-order chi connectivity index (χ0) is 18.7. The normalized spacial score (nSPS) is 16.3. The summed E-state index contributed by atoms with van der Waals surface area (Å²) >= 11 is 0. The number of benzene rings is 2. The van der Waals surface area contributed by atoms with E-state index >= 15 is 0 Å². The second-order valence-electron chi connectivity index (χ2n) is 5.98. The number of carbonyl (C=O) groups excluding carboxylic acids is 1. The topological polar surface area (TPSA) is 57.7 Å². The number of amides is 1. The molecule has 5 nitrogen and oxygen atoms in total. The van der Waals surface area contributed by atoms with Gasteiger partial charge >= 0.3 is 0 Å². The third-order valence-corrected chi connectivity index (χ3v) is 6.21. The molecule has 1 aliphatic rings. The zero-order valence-corrected chi connectivity index (χ0v) is 14.8. The minimum absolute atomic E-state index is 0.00720. The summed E-state index contributed by atoms with van der Waals surface area (Å²) < 4.78 is 53.5. The molecule has 0 radical (unpaired) electrons. The van der Waals surface area contributed by atoms with Gasteiger partial charge in [0.15, 0.2) is 0 Å². The summed E-state index contributed by atoms with van der Waals surface area (Å²) in [6.45, 7) is 0.830. The fraction of sp³-hybridized carbons (Fsp3) is 0.278. The van der Waals surface area contributed by atoms with Crippen molar-refractivity contribution in [2.45, 2.75) is 11.3 Å². The molecule has 1 aliphatic heterocycles. The van der Waals surface area contributed by atoms with Crippen LogP contribution in [0.4, 0.5) is 8.78 Å². The van der Waals surface area contributed by atoms with Crippen LogP contribution in [-0.2, 0) is 10.0 Å². The molecule has 1 amide bonds. The number of rotatable bonds is 3. The Labute approximate surface area is 150 Å². The molecule has 0 spiro atoms. The molecule has 2 aromatic rings. The molecule has 0 bridgehead atoms. The van der Waals surface area contributed by atoms with Crippen molar-refractivity contribution in [3.63, 3.8) is 0 Å². The smallest absolute Gasteiger partial charge is 0.256 e. The third kappa shape index (κ3) is 3.76. The maximum Gasteiger partial charge on any atom is 0.256 e. The van der Waals surface area contributed by atoms with Gasteiger partial charge in [0.05, 0.1) is 10.5 Å². The Balaban J connectivity index is 1.75. The third-order valence-electron chi connectivity index (χ3n) is 4.30. The van der Waals surface area contributed by atoms with E-state index < -0.39 is 27.6 Å². The van der Waals surface area contributed by atoms with Gasteiger partial charge in [-0.3, -0.25) is 4.79 Å². The van der Waals surface area contributed by atoms with Crippen molar-refractivity contribution in [2.75, 3.05) is 26.2 Å². The second-order valence-corrected chi connectivity index (χ2v) is 7.92. The van der Waals surface area contributed by atoms with Crippen molar-refractivity contribution in [1.82, 2.24) is 9.21 Å². The highest BCUT2D eigenvalue weighted by Gasteiger charge is 2.29. The van der Waals surface area contributed by atoms with E-state index in [9.17, 15) is 22.0 Å². The van der Waals surface area contributed by atoms with E-state index in [-0.39, 0.29) is 30.1 Å². The largest absolute Gasteiger partial charge is 0.337 e. The molecule has 0 saturated carbocycles. The van der Waals surface area contributed by atoms with Gasteiger partial charge in [-0.2, -0.15) is 4.31 Å². The number of hydrogen-bond acceptors (Lipinski definition) is 3. The van der Waals surface area contributed by atoms with Gasteiger partial charge < -0.3 is 4.90 Å². The maximum absolute atomic E-state index is 13.8. The van der Waals surface area contributed by atoms with Gasteiger partial charge in [-0.15, -0.1) is 0 Å². The van der Waals surface area contributed by atoms with Crippen molar-refractivity contribution in [3.05, 3.63) is 65.7 Å². The summed E-state index contributed by atoms with van der Waals surface area (Å²) in [6.07, 6.45) is 0.431. The quantitative estimate of drug-likeness (QED) is 0.822. The fourth-order valence-corrected chi connectivity index (χ4v) is 4.37. The number of carbonyl (C=O) groups is 1. The highest BCUT2D eigenvalue weighted by molar-refractivity contribution is 7.89. The van der Waals surface area contributed by atoms with Crippen molar-refractivity contribution >= 4 is 15.9 Å². The van der Waals surface area contributed by atoms with Crippen LogP contribution in [0.25, 0.3) is 0 Å². The summed E-state index contributed by atoms with van der Waals surface area (Å²) in [5.74, 6) is -1.57. The van der Waals surface area contributed by atoms with E-state index in [4.69, 9.17) is 0 Å². The van der Waals surface area contributed by atoms with Gasteiger partial charge in [0, 0.05) is 26.2 Å². The highest BCUT2D eigenvalue weighted by Crippen LogP contribution is 2.19. The van der Waals surface area contributed by atoms with Gasteiger partial charge in [0.2, 0.25) is 10.0 Å². The molecule has 0 aromatic heterocycles. The minimum atomic E-state index is -3.77. The molecule has 3 rings (SSSR count). The average Bonchev–Trinajstić information content (AvgIpc) is 2.89. The SMILES string of the molecule is O=C(c1ccccc1F)N1CCCN(S(=O)(=O)c2ccc(F)cc2)CC1. The molecular formula is C18H18F2N2O3S. The van der Waals surface area contributed by atoms with E-state index in [0.29, 0.717) is 13.0 Å². The Morgan fingerprint density at radius 2 is 1.58 bits per heavy atom. The highest BCUT2D eigenvalue weighted by atomic mass is 32.2. The van der Waals surface area contributed by atoms with E-state index in [2.05, 4.69) is 0 Å². The van der Waals surface area contributed by atoms with Crippen LogP contribution in [0, 0.1) is 11.6 Å². The first kappa shape index (κ1) is 18.5. The monoisotopic (exact) mass is 380 g/mol. The number of nitrogens with zero attached hydrogens (tertiary/aromatic N) is 2. The molecule has 1 heterocycles.